The van der Waals surface area contributed by atoms with Crippen molar-refractivity contribution in [1.29, 1.82) is 0 Å². The van der Waals surface area contributed by atoms with E-state index in [1.165, 1.54) is 0 Å². The Kier molecular flexibility index (Phi) is 5.26. The molecule has 0 aliphatic rings. The highest BCUT2D eigenvalue weighted by atomic mass is 16.2. The topological polar surface area (TPSA) is 125 Å². The van der Waals surface area contributed by atoms with Crippen LogP contribution in [0.2, 0.25) is 0 Å². The fourth-order valence-corrected chi connectivity index (χ4v) is 4.18. The maximum atomic E-state index is 12.4. The molecule has 37 heavy (non-hydrogen) atoms. The summed E-state index contributed by atoms with van der Waals surface area (Å²) in [5.41, 5.74) is 7.00. The summed E-state index contributed by atoms with van der Waals surface area (Å²) >= 11 is 0. The predicted molar refractivity (Wildman–Crippen MR) is 144 cm³/mol. The number of rotatable bonds is 4. The van der Waals surface area contributed by atoms with Crippen molar-refractivity contribution in [2.45, 2.75) is 20.8 Å². The van der Waals surface area contributed by atoms with E-state index in [4.69, 9.17) is 0 Å². The van der Waals surface area contributed by atoms with Gasteiger partial charge in [0, 0.05) is 69.4 Å². The van der Waals surface area contributed by atoms with Crippen molar-refractivity contribution in [3.63, 3.8) is 0 Å². The third-order valence-corrected chi connectivity index (χ3v) is 6.20. The van der Waals surface area contributed by atoms with E-state index in [2.05, 4.69) is 46.5 Å². The second-order valence-electron chi connectivity index (χ2n) is 9.93. The van der Waals surface area contributed by atoms with E-state index >= 15 is 0 Å². The van der Waals surface area contributed by atoms with Crippen molar-refractivity contribution < 1.29 is 4.79 Å². The number of pyridine rings is 4. The van der Waals surface area contributed by atoms with Crippen LogP contribution in [0.25, 0.3) is 55.6 Å². The number of hydrogen-bond donors (Lipinski definition) is 3. The smallest absolute Gasteiger partial charge is 0.229 e. The Balaban J connectivity index is 1.40. The Morgan fingerprint density at radius 3 is 2.49 bits per heavy atom. The van der Waals surface area contributed by atoms with E-state index in [0.29, 0.717) is 11.3 Å². The van der Waals surface area contributed by atoms with Gasteiger partial charge in [-0.2, -0.15) is 5.10 Å². The highest BCUT2D eigenvalue weighted by Gasteiger charge is 2.21. The molecule has 0 saturated carbocycles. The van der Waals surface area contributed by atoms with Crippen molar-refractivity contribution in [1.82, 2.24) is 35.1 Å². The molecule has 9 heteroatoms. The van der Waals surface area contributed by atoms with Crippen LogP contribution in [-0.2, 0) is 4.79 Å². The van der Waals surface area contributed by atoms with Crippen LogP contribution in [0.5, 0.6) is 0 Å². The molecular weight excluding hydrogens is 464 g/mol. The molecule has 6 rings (SSSR count). The summed E-state index contributed by atoms with van der Waals surface area (Å²) in [6, 6.07) is 9.93. The first-order valence-corrected chi connectivity index (χ1v) is 11.9. The molecule has 0 aliphatic heterocycles. The number of carbonyl (C=O) groups excluding carboxylic acids is 1. The minimum absolute atomic E-state index is 0.0731. The lowest BCUT2D eigenvalue weighted by molar-refractivity contribution is -0.123. The average Bonchev–Trinajstić information content (AvgIpc) is 3.52. The zero-order valence-corrected chi connectivity index (χ0v) is 20.6. The molecule has 6 aromatic heterocycles. The SMILES string of the molecule is CC(C)(C)C(=O)Nc1cncc(-c2cnc3[nH]nc(-c4cc5c(-c6cccnc6)cncc5[nH]4)c3c2)c1. The fraction of sp³-hybridized carbons (Fsp3) is 0.143. The van der Waals surface area contributed by atoms with E-state index in [-0.39, 0.29) is 5.91 Å². The largest absolute Gasteiger partial charge is 0.352 e. The molecule has 6 heterocycles. The first-order valence-electron chi connectivity index (χ1n) is 11.9. The molecule has 6 aromatic rings. The third-order valence-electron chi connectivity index (χ3n) is 6.20. The first kappa shape index (κ1) is 22.5. The lowest BCUT2D eigenvalue weighted by atomic mass is 9.95. The van der Waals surface area contributed by atoms with Crippen LogP contribution >= 0.6 is 0 Å². The molecule has 0 aromatic carbocycles. The van der Waals surface area contributed by atoms with Crippen molar-refractivity contribution in [3.8, 4) is 33.6 Å². The Morgan fingerprint density at radius 2 is 1.68 bits per heavy atom. The van der Waals surface area contributed by atoms with Crippen LogP contribution in [0.4, 0.5) is 5.69 Å². The van der Waals surface area contributed by atoms with Gasteiger partial charge in [0.15, 0.2) is 5.65 Å². The minimum Gasteiger partial charge on any atom is -0.352 e. The van der Waals surface area contributed by atoms with Gasteiger partial charge in [0.1, 0.15) is 5.69 Å². The average molecular weight is 489 g/mol. The van der Waals surface area contributed by atoms with Crippen LogP contribution < -0.4 is 5.32 Å². The van der Waals surface area contributed by atoms with Crippen LogP contribution in [0.3, 0.4) is 0 Å². The van der Waals surface area contributed by atoms with Crippen molar-refractivity contribution >= 4 is 33.5 Å². The van der Waals surface area contributed by atoms with Gasteiger partial charge in [0.25, 0.3) is 0 Å². The molecule has 0 unspecified atom stereocenters. The summed E-state index contributed by atoms with van der Waals surface area (Å²) < 4.78 is 0. The highest BCUT2D eigenvalue weighted by molar-refractivity contribution is 6.00. The van der Waals surface area contributed by atoms with Gasteiger partial charge < -0.3 is 10.3 Å². The Hall–Kier alpha value is -4.92. The number of nitrogens with zero attached hydrogens (tertiary/aromatic N) is 5. The van der Waals surface area contributed by atoms with Gasteiger partial charge >= 0.3 is 0 Å². The quantitative estimate of drug-likeness (QED) is 0.296. The third kappa shape index (κ3) is 4.20. The number of hydrogen-bond acceptors (Lipinski definition) is 6. The van der Waals surface area contributed by atoms with E-state index in [1.54, 1.807) is 31.0 Å². The molecule has 1 amide bonds. The van der Waals surface area contributed by atoms with Gasteiger partial charge in [-0.05, 0) is 24.3 Å². The van der Waals surface area contributed by atoms with Gasteiger partial charge in [0.05, 0.1) is 29.3 Å². The van der Waals surface area contributed by atoms with Crippen LogP contribution in [0.1, 0.15) is 20.8 Å². The predicted octanol–water partition coefficient (Wildman–Crippen LogP) is 5.61. The summed E-state index contributed by atoms with van der Waals surface area (Å²) in [5, 5.41) is 12.4. The normalized spacial score (nSPS) is 11.8. The maximum absolute atomic E-state index is 12.4. The van der Waals surface area contributed by atoms with Crippen LogP contribution in [-0.4, -0.2) is 41.0 Å². The summed E-state index contributed by atoms with van der Waals surface area (Å²) in [6.07, 6.45) is 12.4. The lowest BCUT2D eigenvalue weighted by Gasteiger charge is -2.17. The van der Waals surface area contributed by atoms with Crippen molar-refractivity contribution in [2.75, 3.05) is 5.32 Å². The molecule has 182 valence electrons. The van der Waals surface area contributed by atoms with Crippen molar-refractivity contribution in [3.05, 3.63) is 73.7 Å². The number of nitrogens with one attached hydrogen (secondary N) is 3. The summed E-state index contributed by atoms with van der Waals surface area (Å²) in [4.78, 5) is 33.5. The molecule has 0 atom stereocenters. The van der Waals surface area contributed by atoms with Crippen LogP contribution in [0.15, 0.2) is 73.7 Å². The minimum atomic E-state index is -0.506. The zero-order chi connectivity index (χ0) is 25.6. The summed E-state index contributed by atoms with van der Waals surface area (Å²) in [5.74, 6) is -0.0731. The van der Waals surface area contributed by atoms with E-state index in [0.717, 1.165) is 49.9 Å². The van der Waals surface area contributed by atoms with Gasteiger partial charge in [-0.3, -0.25) is 24.8 Å². The van der Waals surface area contributed by atoms with Gasteiger partial charge in [0.2, 0.25) is 5.91 Å². The molecule has 0 fully saturated rings. The van der Waals surface area contributed by atoms with E-state index in [9.17, 15) is 4.79 Å². The van der Waals surface area contributed by atoms with Crippen molar-refractivity contribution in [2.24, 2.45) is 5.41 Å². The number of amides is 1. The van der Waals surface area contributed by atoms with E-state index in [1.807, 2.05) is 57.4 Å². The first-order chi connectivity index (χ1) is 17.9. The zero-order valence-electron chi connectivity index (χ0n) is 20.6. The monoisotopic (exact) mass is 488 g/mol. The molecule has 0 radical (unpaired) electrons. The molecule has 3 N–H and O–H groups in total. The number of H-pyrrole nitrogens is 2. The lowest BCUT2D eigenvalue weighted by Crippen LogP contribution is -2.27. The Bertz CT molecular complexity index is 1760. The highest BCUT2D eigenvalue weighted by Crippen LogP contribution is 2.34. The maximum Gasteiger partial charge on any atom is 0.229 e. The molecule has 9 nitrogen and oxygen atoms in total. The molecule has 0 bridgehead atoms. The van der Waals surface area contributed by atoms with Gasteiger partial charge in [-0.1, -0.05) is 26.8 Å². The Morgan fingerprint density at radius 1 is 0.865 bits per heavy atom. The molecule has 0 saturated heterocycles. The van der Waals surface area contributed by atoms with Gasteiger partial charge in [-0.15, -0.1) is 0 Å². The Labute approximate surface area is 212 Å². The standard InChI is InChI=1S/C28H24N8O/c1-28(2,3)27(37)33-19-7-17(11-30-13-19)18-8-21-25(35-36-26(21)32-12-18)23-9-20-22(14-31-15-24(20)34-23)16-5-4-6-29-10-16/h4-15,34H,1-3H3,(H,33,37)(H,32,35,36). The second-order valence-corrected chi connectivity index (χ2v) is 9.93. The van der Waals surface area contributed by atoms with Crippen LogP contribution in [0, 0.1) is 5.41 Å². The summed E-state index contributed by atoms with van der Waals surface area (Å²) in [7, 11) is 0. The summed E-state index contributed by atoms with van der Waals surface area (Å²) in [6.45, 7) is 5.62. The molecule has 0 aliphatic carbocycles. The fourth-order valence-electron chi connectivity index (χ4n) is 4.18. The van der Waals surface area contributed by atoms with Gasteiger partial charge in [-0.25, -0.2) is 4.98 Å². The van der Waals surface area contributed by atoms with E-state index < -0.39 is 5.41 Å². The number of carbonyl (C=O) groups is 1. The second kappa shape index (κ2) is 8.63. The molecule has 0 spiro atoms. The number of fused-ring (bicyclic) bond motifs is 2. The number of aromatic nitrogens is 7. The number of anilines is 1. The molecular formula is C28H24N8O. The number of aromatic amines is 2.